The van der Waals surface area contributed by atoms with Gasteiger partial charge in [-0.05, 0) is 25.7 Å². The van der Waals surface area contributed by atoms with Crippen molar-refractivity contribution < 1.29 is 19.5 Å². The van der Waals surface area contributed by atoms with Crippen molar-refractivity contribution in [3.63, 3.8) is 0 Å². The third-order valence-corrected chi connectivity index (χ3v) is 4.73. The van der Waals surface area contributed by atoms with Crippen molar-refractivity contribution in [3.8, 4) is 0 Å². The molecule has 1 heterocycles. The number of aromatic nitrogens is 2. The Balaban J connectivity index is 1.79. The zero-order valence-corrected chi connectivity index (χ0v) is 16.2. The van der Waals surface area contributed by atoms with Gasteiger partial charge in [0.1, 0.15) is 6.10 Å². The molecule has 2 N–H and O–H groups in total. The van der Waals surface area contributed by atoms with Crippen molar-refractivity contribution >= 4 is 11.6 Å². The average molecular weight is 368 g/mol. The predicted octanol–water partition coefficient (Wildman–Crippen LogP) is 1.66. The molecule has 0 aliphatic heterocycles. The summed E-state index contributed by atoms with van der Waals surface area (Å²) in [7, 11) is 3.29. The first kappa shape index (κ1) is 20.8. The van der Waals surface area contributed by atoms with Gasteiger partial charge in [-0.1, -0.05) is 19.8 Å². The minimum Gasteiger partial charge on any atom is -0.390 e. The number of rotatable bonds is 9. The van der Waals surface area contributed by atoms with E-state index in [1.807, 2.05) is 0 Å². The van der Waals surface area contributed by atoms with Gasteiger partial charge in [-0.2, -0.15) is 10.2 Å². The molecular weight excluding hydrogens is 336 g/mol. The van der Waals surface area contributed by atoms with Crippen LogP contribution in [-0.4, -0.2) is 64.9 Å². The highest BCUT2D eigenvalue weighted by Gasteiger charge is 2.24. The van der Waals surface area contributed by atoms with Crippen LogP contribution in [-0.2, 0) is 20.9 Å². The van der Waals surface area contributed by atoms with E-state index >= 15 is 0 Å². The molecule has 0 aromatic carbocycles. The molecule has 1 fully saturated rings. The molecule has 0 radical (unpaired) electrons. The smallest absolute Gasteiger partial charge is 0.253 e. The maximum absolute atomic E-state index is 12.3. The predicted molar refractivity (Wildman–Crippen MR) is 98.5 cm³/mol. The van der Waals surface area contributed by atoms with Crippen LogP contribution >= 0.6 is 0 Å². The van der Waals surface area contributed by atoms with Crippen LogP contribution in [0.15, 0.2) is 12.4 Å². The van der Waals surface area contributed by atoms with E-state index in [4.69, 9.17) is 9.57 Å². The van der Waals surface area contributed by atoms with Crippen molar-refractivity contribution in [2.24, 2.45) is 5.92 Å². The minimum absolute atomic E-state index is 0.162. The summed E-state index contributed by atoms with van der Waals surface area (Å²) in [5.41, 5.74) is 0.592. The maximum Gasteiger partial charge on any atom is 0.253 e. The number of aliphatic hydroxyl groups is 1. The molecule has 148 valence electrons. The lowest BCUT2D eigenvalue weighted by atomic mass is 9.88. The molecule has 1 aromatic heterocycles. The first-order chi connectivity index (χ1) is 12.4. The Morgan fingerprint density at radius 1 is 1.54 bits per heavy atom. The Morgan fingerprint density at radius 3 is 3.00 bits per heavy atom. The number of amides is 1. The van der Waals surface area contributed by atoms with Gasteiger partial charge in [0.05, 0.1) is 44.3 Å². The molecule has 1 aromatic rings. The summed E-state index contributed by atoms with van der Waals surface area (Å²) in [6.07, 6.45) is 6.74. The summed E-state index contributed by atoms with van der Waals surface area (Å²) in [6, 6.07) is 0. The molecule has 8 nitrogen and oxygen atoms in total. The van der Waals surface area contributed by atoms with Gasteiger partial charge in [0.15, 0.2) is 0 Å². The lowest BCUT2D eigenvalue weighted by Gasteiger charge is -2.28. The number of nitrogens with zero attached hydrogens (tertiary/aromatic N) is 3. The van der Waals surface area contributed by atoms with Crippen molar-refractivity contribution in [1.82, 2.24) is 14.8 Å². The molecule has 2 rings (SSSR count). The van der Waals surface area contributed by atoms with Gasteiger partial charge < -0.3 is 20.0 Å². The van der Waals surface area contributed by atoms with Gasteiger partial charge in [0, 0.05) is 13.2 Å². The summed E-state index contributed by atoms with van der Waals surface area (Å²) >= 11 is 0. The van der Waals surface area contributed by atoms with Crippen molar-refractivity contribution in [2.75, 3.05) is 26.0 Å². The number of carbonyl (C=O) groups is 1. The molecule has 4 unspecified atom stereocenters. The summed E-state index contributed by atoms with van der Waals surface area (Å²) in [5, 5.41) is 18.5. The summed E-state index contributed by atoms with van der Waals surface area (Å²) in [5.74, 6) is 0.480. The number of hydrogen-bond acceptors (Lipinski definition) is 6. The van der Waals surface area contributed by atoms with E-state index in [1.54, 1.807) is 43.2 Å². The molecule has 0 saturated heterocycles. The van der Waals surface area contributed by atoms with Crippen molar-refractivity contribution in [1.29, 1.82) is 0 Å². The second-order valence-electron chi connectivity index (χ2n) is 7.26. The normalized spacial score (nSPS) is 23.0. The highest BCUT2D eigenvalue weighted by atomic mass is 16.7. The van der Waals surface area contributed by atoms with Crippen LogP contribution < -0.4 is 5.32 Å². The van der Waals surface area contributed by atoms with E-state index in [1.165, 1.54) is 6.42 Å². The number of nitrogens with one attached hydrogen (secondary N) is 1. The molecule has 1 aliphatic rings. The minimum atomic E-state index is -0.626. The van der Waals surface area contributed by atoms with E-state index in [2.05, 4.69) is 17.3 Å². The van der Waals surface area contributed by atoms with Gasteiger partial charge in [-0.25, -0.2) is 0 Å². The van der Waals surface area contributed by atoms with E-state index in [0.717, 1.165) is 19.3 Å². The Hall–Kier alpha value is -1.48. The Labute approximate surface area is 155 Å². The van der Waals surface area contributed by atoms with E-state index < -0.39 is 12.2 Å². The number of hydrogen-bond donors (Lipinski definition) is 2. The first-order valence-electron chi connectivity index (χ1n) is 9.29. The molecular formula is C18H32N4O4. The zero-order chi connectivity index (χ0) is 19.1. The Kier molecular flexibility index (Phi) is 8.02. The van der Waals surface area contributed by atoms with Crippen LogP contribution in [0.1, 0.15) is 39.5 Å². The van der Waals surface area contributed by atoms with E-state index in [-0.39, 0.29) is 12.0 Å². The number of ether oxygens (including phenoxy) is 1. The Morgan fingerprint density at radius 2 is 2.31 bits per heavy atom. The molecule has 0 bridgehead atoms. The number of anilines is 1. The summed E-state index contributed by atoms with van der Waals surface area (Å²) in [4.78, 5) is 17.3. The molecule has 1 aliphatic carbocycles. The highest BCUT2D eigenvalue weighted by molar-refractivity contribution is 5.93. The maximum atomic E-state index is 12.3. The van der Waals surface area contributed by atoms with Crippen LogP contribution in [0.2, 0.25) is 0 Å². The fraction of sp³-hybridized carbons (Fsp3) is 0.778. The molecule has 1 saturated carbocycles. The Bertz CT molecular complexity index is 565. The molecule has 4 atom stereocenters. The SMILES string of the molecule is CON(C)CC(O)Cn1cc(NC(=O)C(C)OC2CCCC(C)C2)cn1. The molecule has 0 spiro atoms. The van der Waals surface area contributed by atoms with E-state index in [9.17, 15) is 9.90 Å². The lowest BCUT2D eigenvalue weighted by Crippen LogP contribution is -2.33. The second-order valence-corrected chi connectivity index (χ2v) is 7.26. The van der Waals surface area contributed by atoms with Gasteiger partial charge in [0.25, 0.3) is 5.91 Å². The number of carbonyl (C=O) groups excluding carboxylic acids is 1. The quantitative estimate of drug-likeness (QED) is 0.645. The van der Waals surface area contributed by atoms with Crippen LogP contribution in [0.4, 0.5) is 5.69 Å². The zero-order valence-electron chi connectivity index (χ0n) is 16.2. The van der Waals surface area contributed by atoms with Gasteiger partial charge in [-0.15, -0.1) is 0 Å². The lowest BCUT2D eigenvalue weighted by molar-refractivity contribution is -0.131. The van der Waals surface area contributed by atoms with Crippen molar-refractivity contribution in [2.45, 2.75) is 64.4 Å². The van der Waals surface area contributed by atoms with Crippen LogP contribution in [0.3, 0.4) is 0 Å². The standard InChI is InChI=1S/C18H32N4O4/c1-13-6-5-7-17(8-13)26-14(2)18(24)20-15-9-19-22(10-15)12-16(23)11-21(3)25-4/h9-10,13-14,16-17,23H,5-8,11-12H2,1-4H3,(H,20,24). The topological polar surface area (TPSA) is 88.9 Å². The monoisotopic (exact) mass is 368 g/mol. The van der Waals surface area contributed by atoms with Crippen LogP contribution in [0.25, 0.3) is 0 Å². The summed E-state index contributed by atoms with van der Waals surface area (Å²) in [6.45, 7) is 4.69. The molecule has 1 amide bonds. The fourth-order valence-corrected chi connectivity index (χ4v) is 3.27. The third-order valence-electron chi connectivity index (χ3n) is 4.73. The van der Waals surface area contributed by atoms with Gasteiger partial charge in [-0.3, -0.25) is 9.48 Å². The number of likely N-dealkylation sites (N-methyl/N-ethyl adjacent to an activating group) is 1. The molecule has 26 heavy (non-hydrogen) atoms. The van der Waals surface area contributed by atoms with Gasteiger partial charge in [0.2, 0.25) is 0 Å². The van der Waals surface area contributed by atoms with Crippen LogP contribution in [0, 0.1) is 5.92 Å². The van der Waals surface area contributed by atoms with Crippen molar-refractivity contribution in [3.05, 3.63) is 12.4 Å². The first-order valence-corrected chi connectivity index (χ1v) is 9.29. The summed E-state index contributed by atoms with van der Waals surface area (Å²) < 4.78 is 7.52. The fourth-order valence-electron chi connectivity index (χ4n) is 3.27. The number of hydroxylamine groups is 2. The highest BCUT2D eigenvalue weighted by Crippen LogP contribution is 2.26. The van der Waals surface area contributed by atoms with Gasteiger partial charge >= 0.3 is 0 Å². The van der Waals surface area contributed by atoms with E-state index in [0.29, 0.717) is 24.7 Å². The molecule has 8 heteroatoms. The third kappa shape index (κ3) is 6.68. The van der Waals surface area contributed by atoms with Crippen LogP contribution in [0.5, 0.6) is 0 Å². The second kappa shape index (κ2) is 10.0. The largest absolute Gasteiger partial charge is 0.390 e. The average Bonchev–Trinajstić information content (AvgIpc) is 3.01. The number of aliphatic hydroxyl groups excluding tert-OH is 1.